The number of ether oxygens (including phenoxy) is 1. The van der Waals surface area contributed by atoms with Crippen LogP contribution in [0.3, 0.4) is 0 Å². The van der Waals surface area contributed by atoms with E-state index in [1.165, 1.54) is 24.8 Å². The first-order valence-corrected chi connectivity index (χ1v) is 10.0. The Morgan fingerprint density at radius 1 is 1.43 bits per heavy atom. The Balaban J connectivity index is 1.63. The second kappa shape index (κ2) is 9.53. The van der Waals surface area contributed by atoms with Gasteiger partial charge in [-0.2, -0.15) is 10.3 Å². The van der Waals surface area contributed by atoms with E-state index in [0.717, 1.165) is 31.5 Å². The fourth-order valence-corrected chi connectivity index (χ4v) is 3.76. The van der Waals surface area contributed by atoms with E-state index in [2.05, 4.69) is 10.4 Å². The van der Waals surface area contributed by atoms with Gasteiger partial charge in [-0.05, 0) is 43.5 Å². The van der Waals surface area contributed by atoms with Gasteiger partial charge in [0.15, 0.2) is 6.23 Å². The lowest BCUT2D eigenvalue weighted by Gasteiger charge is -2.34. The number of amides is 1. The lowest BCUT2D eigenvalue weighted by atomic mass is 10.1. The number of hydrazine groups is 1. The summed E-state index contributed by atoms with van der Waals surface area (Å²) >= 11 is 1.31. The van der Waals surface area contributed by atoms with Crippen LogP contribution in [-0.4, -0.2) is 28.7 Å². The van der Waals surface area contributed by atoms with Crippen molar-refractivity contribution in [2.24, 2.45) is 0 Å². The molecule has 146 valence electrons. The second-order valence-corrected chi connectivity index (χ2v) is 7.46. The third kappa shape index (κ3) is 5.44. The smallest absolute Gasteiger partial charge is 0.231 e. The van der Waals surface area contributed by atoms with Gasteiger partial charge >= 0.3 is 0 Å². The Labute approximate surface area is 167 Å². The number of rotatable bonds is 6. The van der Waals surface area contributed by atoms with Crippen molar-refractivity contribution in [3.63, 3.8) is 0 Å². The number of pyridine rings is 1. The molecule has 1 saturated heterocycles. The molecule has 1 aromatic heterocycles. The first-order valence-electron chi connectivity index (χ1n) is 9.04. The molecule has 1 aromatic carbocycles. The van der Waals surface area contributed by atoms with Gasteiger partial charge in [0.1, 0.15) is 5.82 Å². The molecular formula is C20H21FN4O2S. The molecular weight excluding hydrogens is 379 g/mol. The summed E-state index contributed by atoms with van der Waals surface area (Å²) < 4.78 is 20.0. The molecule has 1 aliphatic heterocycles. The highest BCUT2D eigenvalue weighted by atomic mass is 32.2. The molecule has 1 fully saturated rings. The maximum atomic E-state index is 14.0. The van der Waals surface area contributed by atoms with Gasteiger partial charge in [0.25, 0.3) is 0 Å². The number of piperidine rings is 1. The Morgan fingerprint density at radius 2 is 2.29 bits per heavy atom. The monoisotopic (exact) mass is 400 g/mol. The summed E-state index contributed by atoms with van der Waals surface area (Å²) in [6.45, 7) is 2.21. The molecule has 0 saturated carbocycles. The van der Waals surface area contributed by atoms with Crippen LogP contribution in [0.4, 0.5) is 4.39 Å². The summed E-state index contributed by atoms with van der Waals surface area (Å²) in [5, 5.41) is 10.6. The average molecular weight is 400 g/mol. The van der Waals surface area contributed by atoms with Gasteiger partial charge in [-0.15, -0.1) is 11.8 Å². The minimum absolute atomic E-state index is 0.127. The number of carbonyl (C=O) groups excluding carboxylic acids is 1. The van der Waals surface area contributed by atoms with E-state index < -0.39 is 5.82 Å². The highest BCUT2D eigenvalue weighted by molar-refractivity contribution is 7.98. The molecule has 1 N–H and O–H groups in total. The first kappa shape index (κ1) is 20.1. The van der Waals surface area contributed by atoms with Gasteiger partial charge in [0, 0.05) is 30.2 Å². The van der Waals surface area contributed by atoms with Crippen molar-refractivity contribution in [3.05, 3.63) is 53.5 Å². The van der Waals surface area contributed by atoms with Crippen molar-refractivity contribution in [3.8, 4) is 11.9 Å². The number of benzene rings is 1. The van der Waals surface area contributed by atoms with Gasteiger partial charge in [-0.3, -0.25) is 10.2 Å². The fraction of sp³-hybridized carbons (Fsp3) is 0.350. The zero-order valence-corrected chi connectivity index (χ0v) is 16.3. The van der Waals surface area contributed by atoms with Crippen LogP contribution in [0.25, 0.3) is 0 Å². The van der Waals surface area contributed by atoms with Crippen LogP contribution >= 0.6 is 11.8 Å². The fourth-order valence-electron chi connectivity index (χ4n) is 2.94. The van der Waals surface area contributed by atoms with E-state index in [9.17, 15) is 9.18 Å². The van der Waals surface area contributed by atoms with Crippen molar-refractivity contribution < 1.29 is 13.9 Å². The standard InChI is InChI=1S/C20H21FN4O2S/c1-14(26)24-25-10-3-2-7-20(25)27-19-6-4-5-16(23-19)13-28-18-9-8-15(12-22)11-17(18)21/h4-6,8-9,11,20H,2-3,7,10,13H2,1H3,(H,24,26). The van der Waals surface area contributed by atoms with Gasteiger partial charge in [-0.1, -0.05) is 6.07 Å². The Bertz CT molecular complexity index is 887. The van der Waals surface area contributed by atoms with E-state index in [1.54, 1.807) is 23.2 Å². The molecule has 1 amide bonds. The van der Waals surface area contributed by atoms with Crippen LogP contribution in [0.1, 0.15) is 37.4 Å². The second-order valence-electron chi connectivity index (χ2n) is 6.44. The summed E-state index contributed by atoms with van der Waals surface area (Å²) in [6, 6.07) is 11.8. The maximum Gasteiger partial charge on any atom is 0.231 e. The summed E-state index contributed by atoms with van der Waals surface area (Å²) in [6.07, 6.45) is 2.57. The van der Waals surface area contributed by atoms with E-state index >= 15 is 0 Å². The van der Waals surface area contributed by atoms with Gasteiger partial charge in [-0.25, -0.2) is 9.37 Å². The minimum atomic E-state index is -0.412. The molecule has 1 atom stereocenters. The molecule has 0 aliphatic carbocycles. The van der Waals surface area contributed by atoms with Gasteiger partial charge in [0.05, 0.1) is 17.3 Å². The number of thioether (sulfide) groups is 1. The van der Waals surface area contributed by atoms with E-state index in [0.29, 0.717) is 22.1 Å². The van der Waals surface area contributed by atoms with Crippen molar-refractivity contribution >= 4 is 17.7 Å². The molecule has 8 heteroatoms. The zero-order chi connectivity index (χ0) is 19.9. The molecule has 2 aromatic rings. The quantitative estimate of drug-likeness (QED) is 0.746. The molecule has 28 heavy (non-hydrogen) atoms. The number of halogens is 1. The highest BCUT2D eigenvalue weighted by Crippen LogP contribution is 2.26. The Hall–Kier alpha value is -2.63. The van der Waals surface area contributed by atoms with E-state index in [4.69, 9.17) is 10.00 Å². The summed E-state index contributed by atoms with van der Waals surface area (Å²) in [4.78, 5) is 16.3. The number of aromatic nitrogens is 1. The predicted octanol–water partition coefficient (Wildman–Crippen LogP) is 3.63. The molecule has 3 rings (SSSR count). The Kier molecular flexibility index (Phi) is 6.85. The van der Waals surface area contributed by atoms with Crippen LogP contribution in [-0.2, 0) is 10.5 Å². The third-order valence-corrected chi connectivity index (χ3v) is 5.31. The molecule has 0 bridgehead atoms. The van der Waals surface area contributed by atoms with Crippen LogP contribution in [0.2, 0.25) is 0 Å². The summed E-state index contributed by atoms with van der Waals surface area (Å²) in [5.41, 5.74) is 3.86. The van der Waals surface area contributed by atoms with E-state index in [1.807, 2.05) is 18.2 Å². The number of nitrogens with one attached hydrogen (secondary N) is 1. The van der Waals surface area contributed by atoms with Crippen molar-refractivity contribution in [2.45, 2.75) is 43.1 Å². The minimum Gasteiger partial charge on any atom is -0.457 e. The maximum absolute atomic E-state index is 14.0. The number of hydrogen-bond acceptors (Lipinski definition) is 6. The van der Waals surface area contributed by atoms with Crippen LogP contribution in [0, 0.1) is 17.1 Å². The lowest BCUT2D eigenvalue weighted by molar-refractivity contribution is -0.130. The number of carbonyl (C=O) groups is 1. The largest absolute Gasteiger partial charge is 0.457 e. The molecule has 0 spiro atoms. The zero-order valence-electron chi connectivity index (χ0n) is 15.5. The predicted molar refractivity (Wildman–Crippen MR) is 104 cm³/mol. The summed E-state index contributed by atoms with van der Waals surface area (Å²) in [5.74, 6) is 0.406. The summed E-state index contributed by atoms with van der Waals surface area (Å²) in [7, 11) is 0. The molecule has 1 aliphatic rings. The van der Waals surface area contributed by atoms with Crippen LogP contribution < -0.4 is 10.2 Å². The van der Waals surface area contributed by atoms with E-state index in [-0.39, 0.29) is 12.1 Å². The Morgan fingerprint density at radius 3 is 3.04 bits per heavy atom. The van der Waals surface area contributed by atoms with Crippen LogP contribution in [0.5, 0.6) is 5.88 Å². The van der Waals surface area contributed by atoms with Crippen molar-refractivity contribution in [1.29, 1.82) is 5.26 Å². The number of nitriles is 1. The SMILES string of the molecule is CC(=O)NN1CCCCC1Oc1cccc(CSc2ccc(C#N)cc2F)n1. The van der Waals surface area contributed by atoms with Gasteiger partial charge < -0.3 is 4.74 Å². The van der Waals surface area contributed by atoms with Crippen molar-refractivity contribution in [1.82, 2.24) is 15.4 Å². The first-order chi connectivity index (χ1) is 13.5. The molecule has 6 nitrogen and oxygen atoms in total. The topological polar surface area (TPSA) is 78.3 Å². The third-order valence-electron chi connectivity index (χ3n) is 4.22. The van der Waals surface area contributed by atoms with Crippen LogP contribution in [0.15, 0.2) is 41.3 Å². The molecule has 1 unspecified atom stereocenters. The molecule has 0 radical (unpaired) electrons. The highest BCUT2D eigenvalue weighted by Gasteiger charge is 2.25. The average Bonchev–Trinajstić information content (AvgIpc) is 2.68. The number of nitrogens with zero attached hydrogens (tertiary/aromatic N) is 3. The van der Waals surface area contributed by atoms with Crippen molar-refractivity contribution in [2.75, 3.05) is 6.54 Å². The molecule has 2 heterocycles. The van der Waals surface area contributed by atoms with Gasteiger partial charge in [0.2, 0.25) is 11.8 Å². The normalized spacial score (nSPS) is 17.0. The lowest BCUT2D eigenvalue weighted by Crippen LogP contribution is -2.52. The number of hydrogen-bond donors (Lipinski definition) is 1.